The lowest BCUT2D eigenvalue weighted by Crippen LogP contribution is -2.49. The third-order valence-corrected chi connectivity index (χ3v) is 5.06. The zero-order valence-corrected chi connectivity index (χ0v) is 13.0. The zero-order chi connectivity index (χ0) is 13.1. The smallest absolute Gasteiger partial charge is 0.157 e. The summed E-state index contributed by atoms with van der Waals surface area (Å²) in [5.41, 5.74) is 0. The first-order valence-corrected chi connectivity index (χ1v) is 8.20. The number of hydrogen-bond donors (Lipinski definition) is 1. The molecule has 0 amide bonds. The van der Waals surface area contributed by atoms with E-state index in [1.807, 2.05) is 11.8 Å². The van der Waals surface area contributed by atoms with E-state index in [9.17, 15) is 0 Å². The molecule has 4 heteroatoms. The number of aliphatic imine (C=N–C) groups is 1. The van der Waals surface area contributed by atoms with Crippen LogP contribution in [0.5, 0.6) is 0 Å². The zero-order valence-electron chi connectivity index (χ0n) is 12.1. The minimum Gasteiger partial charge on any atom is -0.362 e. The molecule has 3 unspecified atom stereocenters. The molecule has 1 N–H and O–H groups in total. The number of rotatable bonds is 2. The second kappa shape index (κ2) is 6.29. The van der Waals surface area contributed by atoms with Crippen LogP contribution >= 0.6 is 11.8 Å². The van der Waals surface area contributed by atoms with Crippen molar-refractivity contribution >= 4 is 16.9 Å². The lowest BCUT2D eigenvalue weighted by Gasteiger charge is -2.36. The van der Waals surface area contributed by atoms with Gasteiger partial charge in [0.1, 0.15) is 0 Å². The quantitative estimate of drug-likeness (QED) is 0.834. The van der Waals surface area contributed by atoms with E-state index in [4.69, 9.17) is 4.99 Å². The number of nitrogens with one attached hydrogen (secondary N) is 1. The van der Waals surface area contributed by atoms with Crippen molar-refractivity contribution in [2.45, 2.75) is 45.7 Å². The topological polar surface area (TPSA) is 27.6 Å². The van der Waals surface area contributed by atoms with Gasteiger partial charge in [-0.2, -0.15) is 0 Å². The van der Waals surface area contributed by atoms with Crippen LogP contribution in [0.2, 0.25) is 0 Å². The summed E-state index contributed by atoms with van der Waals surface area (Å²) in [5, 5.41) is 4.89. The van der Waals surface area contributed by atoms with Crippen molar-refractivity contribution in [2.75, 3.05) is 25.9 Å². The number of piperidine rings is 1. The molecule has 0 aromatic rings. The Morgan fingerprint density at radius 3 is 2.83 bits per heavy atom. The highest BCUT2D eigenvalue weighted by molar-refractivity contribution is 8.13. The van der Waals surface area contributed by atoms with Crippen LogP contribution in [-0.2, 0) is 0 Å². The largest absolute Gasteiger partial charge is 0.362 e. The molecule has 104 valence electrons. The number of likely N-dealkylation sites (tertiary alicyclic amines) is 1. The highest BCUT2D eigenvalue weighted by atomic mass is 32.2. The van der Waals surface area contributed by atoms with Gasteiger partial charge in [0.05, 0.1) is 6.04 Å². The van der Waals surface area contributed by atoms with Crippen LogP contribution in [0.1, 0.15) is 33.6 Å². The minimum atomic E-state index is 0.523. The molecule has 0 aromatic heterocycles. The van der Waals surface area contributed by atoms with Gasteiger partial charge in [0.25, 0.3) is 0 Å². The van der Waals surface area contributed by atoms with E-state index in [2.05, 4.69) is 38.0 Å². The average Bonchev–Trinajstić information content (AvgIpc) is 2.33. The molecule has 3 nitrogen and oxygen atoms in total. The molecular formula is C14H27N3S. The molecule has 18 heavy (non-hydrogen) atoms. The van der Waals surface area contributed by atoms with E-state index < -0.39 is 0 Å². The normalized spacial score (nSPS) is 34.5. The summed E-state index contributed by atoms with van der Waals surface area (Å²) in [7, 11) is 2.22. The van der Waals surface area contributed by atoms with Gasteiger partial charge in [-0.25, -0.2) is 0 Å². The predicted octanol–water partition coefficient (Wildman–Crippen LogP) is 2.43. The van der Waals surface area contributed by atoms with E-state index in [1.54, 1.807) is 0 Å². The fourth-order valence-corrected chi connectivity index (χ4v) is 3.81. The van der Waals surface area contributed by atoms with Gasteiger partial charge in [-0.05, 0) is 38.3 Å². The second-order valence-corrected chi connectivity index (χ2v) is 7.25. The van der Waals surface area contributed by atoms with Crippen LogP contribution in [0.4, 0.5) is 0 Å². The Hall–Kier alpha value is -0.220. The third-order valence-electron chi connectivity index (χ3n) is 4.12. The van der Waals surface area contributed by atoms with Crippen molar-refractivity contribution in [3.8, 4) is 0 Å². The number of amidine groups is 1. The van der Waals surface area contributed by atoms with Crippen molar-refractivity contribution < 1.29 is 0 Å². The molecule has 3 atom stereocenters. The summed E-state index contributed by atoms with van der Waals surface area (Å²) in [5.74, 6) is 2.60. The molecule has 0 saturated carbocycles. The lowest BCUT2D eigenvalue weighted by molar-refractivity contribution is 0.187. The Morgan fingerprint density at radius 1 is 1.39 bits per heavy atom. The van der Waals surface area contributed by atoms with E-state index in [-0.39, 0.29) is 0 Å². The van der Waals surface area contributed by atoms with Crippen LogP contribution in [-0.4, -0.2) is 48.0 Å². The van der Waals surface area contributed by atoms with Crippen molar-refractivity contribution in [2.24, 2.45) is 16.8 Å². The maximum atomic E-state index is 4.88. The molecular weight excluding hydrogens is 242 g/mol. The van der Waals surface area contributed by atoms with Gasteiger partial charge in [0.15, 0.2) is 5.17 Å². The molecule has 0 bridgehead atoms. The number of nitrogens with zero attached hydrogens (tertiary/aromatic N) is 2. The van der Waals surface area contributed by atoms with Gasteiger partial charge < -0.3 is 10.2 Å². The molecule has 1 fully saturated rings. The van der Waals surface area contributed by atoms with Crippen LogP contribution in [0.3, 0.4) is 0 Å². The van der Waals surface area contributed by atoms with Gasteiger partial charge in [-0.1, -0.05) is 32.5 Å². The summed E-state index contributed by atoms with van der Waals surface area (Å²) >= 11 is 1.91. The summed E-state index contributed by atoms with van der Waals surface area (Å²) in [6, 6.07) is 1.13. The molecule has 0 spiro atoms. The van der Waals surface area contributed by atoms with Crippen molar-refractivity contribution in [1.82, 2.24) is 10.2 Å². The molecule has 2 rings (SSSR count). The van der Waals surface area contributed by atoms with Crippen molar-refractivity contribution in [3.05, 3.63) is 0 Å². The molecule has 1 saturated heterocycles. The van der Waals surface area contributed by atoms with Gasteiger partial charge >= 0.3 is 0 Å². The predicted molar refractivity (Wildman–Crippen MR) is 81.3 cm³/mol. The highest BCUT2D eigenvalue weighted by Crippen LogP contribution is 2.23. The average molecular weight is 269 g/mol. The standard InChI is InChI=1S/C14H27N3S/c1-10(2)12-6-8-18-14(15-12)16-13-5-7-17(4)9-11(13)3/h10-13H,5-9H2,1-4H3,(H,15,16). The summed E-state index contributed by atoms with van der Waals surface area (Å²) < 4.78 is 0. The Labute approximate surface area is 116 Å². The fourth-order valence-electron chi connectivity index (χ4n) is 2.82. The molecule has 0 aromatic carbocycles. The third kappa shape index (κ3) is 3.64. The van der Waals surface area contributed by atoms with E-state index >= 15 is 0 Å². The van der Waals surface area contributed by atoms with E-state index in [0.717, 1.165) is 0 Å². The molecule has 2 heterocycles. The number of thioether (sulfide) groups is 1. The van der Waals surface area contributed by atoms with E-state index in [0.29, 0.717) is 23.9 Å². The van der Waals surface area contributed by atoms with Gasteiger partial charge in [-0.15, -0.1) is 0 Å². The maximum absolute atomic E-state index is 4.88. The molecule has 0 radical (unpaired) electrons. The van der Waals surface area contributed by atoms with Crippen LogP contribution in [0.25, 0.3) is 0 Å². The van der Waals surface area contributed by atoms with Crippen LogP contribution in [0, 0.1) is 11.8 Å². The SMILES string of the molecule is CC(C)C1CCSC(NC2CCN(C)CC2C)=N1. The summed E-state index contributed by atoms with van der Waals surface area (Å²) in [4.78, 5) is 7.31. The van der Waals surface area contributed by atoms with Gasteiger partial charge in [-0.3, -0.25) is 4.99 Å². The van der Waals surface area contributed by atoms with Crippen LogP contribution in [0.15, 0.2) is 4.99 Å². The van der Waals surface area contributed by atoms with Crippen LogP contribution < -0.4 is 5.32 Å². The first-order chi connectivity index (χ1) is 8.56. The first-order valence-electron chi connectivity index (χ1n) is 7.22. The Morgan fingerprint density at radius 2 is 2.17 bits per heavy atom. The molecule has 0 aliphatic carbocycles. The Balaban J connectivity index is 1.92. The molecule has 2 aliphatic heterocycles. The summed E-state index contributed by atoms with van der Waals surface area (Å²) in [6.45, 7) is 9.30. The molecule has 2 aliphatic rings. The van der Waals surface area contributed by atoms with Crippen molar-refractivity contribution in [3.63, 3.8) is 0 Å². The Kier molecular flexibility index (Phi) is 4.96. The van der Waals surface area contributed by atoms with E-state index in [1.165, 1.54) is 36.9 Å². The monoisotopic (exact) mass is 269 g/mol. The maximum Gasteiger partial charge on any atom is 0.157 e. The second-order valence-electron chi connectivity index (χ2n) is 6.16. The van der Waals surface area contributed by atoms with Gasteiger partial charge in [0.2, 0.25) is 0 Å². The highest BCUT2D eigenvalue weighted by Gasteiger charge is 2.26. The van der Waals surface area contributed by atoms with Crippen molar-refractivity contribution in [1.29, 1.82) is 0 Å². The summed E-state index contributed by atoms with van der Waals surface area (Å²) in [6.07, 6.45) is 2.47. The van der Waals surface area contributed by atoms with Gasteiger partial charge in [0, 0.05) is 18.3 Å². The Bertz CT molecular complexity index is 303. The fraction of sp³-hybridized carbons (Fsp3) is 0.929. The first kappa shape index (κ1) is 14.2. The lowest BCUT2D eigenvalue weighted by atomic mass is 9.94. The number of hydrogen-bond acceptors (Lipinski definition) is 4. The minimum absolute atomic E-state index is 0.523.